The highest BCUT2D eigenvalue weighted by molar-refractivity contribution is 4.87. The van der Waals surface area contributed by atoms with E-state index in [4.69, 9.17) is 0 Å². The summed E-state index contributed by atoms with van der Waals surface area (Å²) < 4.78 is 0. The molecule has 0 radical (unpaired) electrons. The molecule has 2 nitrogen and oxygen atoms in total. The fraction of sp³-hybridized carbons (Fsp3) is 1.00. The normalized spacial score (nSPS) is 41.1. The standard InChI is InChI=1S/C12H23NO/c1-10-6-5-9-13(10)11-7-3-2-4-8-12(11)14/h10-12,14H,2-9H2,1H3. The molecule has 0 spiro atoms. The monoisotopic (exact) mass is 197 g/mol. The van der Waals surface area contributed by atoms with Gasteiger partial charge in [-0.15, -0.1) is 0 Å². The minimum Gasteiger partial charge on any atom is -0.391 e. The molecule has 1 saturated carbocycles. The topological polar surface area (TPSA) is 23.5 Å². The van der Waals surface area contributed by atoms with E-state index in [0.29, 0.717) is 12.1 Å². The van der Waals surface area contributed by atoms with E-state index in [0.717, 1.165) is 6.42 Å². The van der Waals surface area contributed by atoms with Crippen molar-refractivity contribution in [1.29, 1.82) is 0 Å². The van der Waals surface area contributed by atoms with Gasteiger partial charge in [-0.2, -0.15) is 0 Å². The van der Waals surface area contributed by atoms with Crippen molar-refractivity contribution in [2.75, 3.05) is 6.54 Å². The van der Waals surface area contributed by atoms with E-state index < -0.39 is 0 Å². The summed E-state index contributed by atoms with van der Waals surface area (Å²) in [4.78, 5) is 2.55. The van der Waals surface area contributed by atoms with Crippen molar-refractivity contribution < 1.29 is 5.11 Å². The number of hydrogen-bond donors (Lipinski definition) is 1. The molecular formula is C12H23NO. The van der Waals surface area contributed by atoms with Gasteiger partial charge in [0.2, 0.25) is 0 Å². The van der Waals surface area contributed by atoms with Gasteiger partial charge in [0.05, 0.1) is 6.10 Å². The Morgan fingerprint density at radius 3 is 2.50 bits per heavy atom. The third kappa shape index (κ3) is 2.12. The summed E-state index contributed by atoms with van der Waals surface area (Å²) in [7, 11) is 0. The van der Waals surface area contributed by atoms with Crippen molar-refractivity contribution in [2.45, 2.75) is 70.1 Å². The maximum Gasteiger partial charge on any atom is 0.0695 e. The van der Waals surface area contributed by atoms with Crippen molar-refractivity contribution in [3.63, 3.8) is 0 Å². The van der Waals surface area contributed by atoms with Crippen LogP contribution in [0.5, 0.6) is 0 Å². The van der Waals surface area contributed by atoms with Gasteiger partial charge in [0, 0.05) is 12.1 Å². The van der Waals surface area contributed by atoms with Gasteiger partial charge in [0.1, 0.15) is 0 Å². The van der Waals surface area contributed by atoms with Crippen LogP contribution in [0.3, 0.4) is 0 Å². The summed E-state index contributed by atoms with van der Waals surface area (Å²) in [5, 5.41) is 10.1. The van der Waals surface area contributed by atoms with Gasteiger partial charge >= 0.3 is 0 Å². The maximum absolute atomic E-state index is 10.1. The molecule has 2 heteroatoms. The Labute approximate surface area is 87.3 Å². The SMILES string of the molecule is CC1CCCN1C1CCCCCC1O. The highest BCUT2D eigenvalue weighted by Gasteiger charge is 2.32. The third-order valence-electron chi connectivity index (χ3n) is 3.97. The van der Waals surface area contributed by atoms with Crippen molar-refractivity contribution >= 4 is 0 Å². The Hall–Kier alpha value is -0.0800. The average Bonchev–Trinajstić information content (AvgIpc) is 2.46. The van der Waals surface area contributed by atoms with Crippen LogP contribution in [0.2, 0.25) is 0 Å². The van der Waals surface area contributed by atoms with Crippen LogP contribution in [0.15, 0.2) is 0 Å². The molecule has 0 amide bonds. The third-order valence-corrected chi connectivity index (χ3v) is 3.97. The molecule has 1 N–H and O–H groups in total. The van der Waals surface area contributed by atoms with Crippen molar-refractivity contribution in [3.8, 4) is 0 Å². The van der Waals surface area contributed by atoms with Crippen LogP contribution in [0.25, 0.3) is 0 Å². The number of nitrogens with zero attached hydrogens (tertiary/aromatic N) is 1. The molecule has 0 aromatic heterocycles. The van der Waals surface area contributed by atoms with Crippen molar-refractivity contribution in [3.05, 3.63) is 0 Å². The summed E-state index contributed by atoms with van der Waals surface area (Å²) in [6.07, 6.45) is 8.67. The number of aliphatic hydroxyl groups excluding tert-OH is 1. The average molecular weight is 197 g/mol. The second kappa shape index (κ2) is 4.63. The molecule has 1 aliphatic heterocycles. The molecule has 3 atom stereocenters. The lowest BCUT2D eigenvalue weighted by Gasteiger charge is -2.33. The van der Waals surface area contributed by atoms with Crippen LogP contribution in [0.1, 0.15) is 51.9 Å². The first-order valence-electron chi connectivity index (χ1n) is 6.23. The van der Waals surface area contributed by atoms with Gasteiger partial charge in [0.15, 0.2) is 0 Å². The van der Waals surface area contributed by atoms with E-state index in [1.165, 1.54) is 45.1 Å². The summed E-state index contributed by atoms with van der Waals surface area (Å²) in [6.45, 7) is 3.52. The first-order valence-corrected chi connectivity index (χ1v) is 6.23. The molecule has 0 bridgehead atoms. The molecule has 2 fully saturated rings. The van der Waals surface area contributed by atoms with E-state index >= 15 is 0 Å². The summed E-state index contributed by atoms with van der Waals surface area (Å²) in [6, 6.07) is 1.17. The zero-order chi connectivity index (χ0) is 9.97. The van der Waals surface area contributed by atoms with E-state index in [-0.39, 0.29) is 6.10 Å². The van der Waals surface area contributed by atoms with E-state index in [1.54, 1.807) is 0 Å². The lowest BCUT2D eigenvalue weighted by Crippen LogP contribution is -2.44. The molecule has 0 aromatic rings. The first kappa shape index (κ1) is 10.4. The van der Waals surface area contributed by atoms with Gasteiger partial charge in [-0.3, -0.25) is 4.90 Å². The smallest absolute Gasteiger partial charge is 0.0695 e. The second-order valence-corrected chi connectivity index (χ2v) is 5.00. The van der Waals surface area contributed by atoms with Gasteiger partial charge in [-0.25, -0.2) is 0 Å². The molecule has 1 aliphatic carbocycles. The molecule has 1 saturated heterocycles. The molecule has 14 heavy (non-hydrogen) atoms. The largest absolute Gasteiger partial charge is 0.391 e. The molecule has 1 heterocycles. The number of rotatable bonds is 1. The Morgan fingerprint density at radius 2 is 1.79 bits per heavy atom. The zero-order valence-corrected chi connectivity index (χ0v) is 9.28. The molecule has 0 aromatic carbocycles. The molecule has 2 aliphatic rings. The molecule has 2 rings (SSSR count). The van der Waals surface area contributed by atoms with Crippen molar-refractivity contribution in [1.82, 2.24) is 4.90 Å². The lowest BCUT2D eigenvalue weighted by atomic mass is 10.0. The summed E-state index contributed by atoms with van der Waals surface area (Å²) in [5.41, 5.74) is 0. The quantitative estimate of drug-likeness (QED) is 0.651. The first-order chi connectivity index (χ1) is 6.79. The maximum atomic E-state index is 10.1. The number of aliphatic hydroxyl groups is 1. The summed E-state index contributed by atoms with van der Waals surface area (Å²) in [5.74, 6) is 0. The fourth-order valence-corrected chi connectivity index (χ4v) is 3.10. The number of hydrogen-bond acceptors (Lipinski definition) is 2. The van der Waals surface area contributed by atoms with Crippen LogP contribution >= 0.6 is 0 Å². The fourth-order valence-electron chi connectivity index (χ4n) is 3.10. The van der Waals surface area contributed by atoms with Crippen molar-refractivity contribution in [2.24, 2.45) is 0 Å². The molecule has 3 unspecified atom stereocenters. The highest BCUT2D eigenvalue weighted by atomic mass is 16.3. The Balaban J connectivity index is 1.99. The summed E-state index contributed by atoms with van der Waals surface area (Å²) >= 11 is 0. The van der Waals surface area contributed by atoms with Crippen LogP contribution in [-0.2, 0) is 0 Å². The van der Waals surface area contributed by atoms with Gasteiger partial charge in [0.25, 0.3) is 0 Å². The molecule has 82 valence electrons. The van der Waals surface area contributed by atoms with Crippen LogP contribution < -0.4 is 0 Å². The Kier molecular flexibility index (Phi) is 3.45. The van der Waals surface area contributed by atoms with E-state index in [9.17, 15) is 5.11 Å². The predicted molar refractivity (Wildman–Crippen MR) is 58.3 cm³/mol. The van der Waals surface area contributed by atoms with Gasteiger partial charge in [-0.1, -0.05) is 19.3 Å². The molecular weight excluding hydrogens is 174 g/mol. The minimum atomic E-state index is -0.0574. The van der Waals surface area contributed by atoms with E-state index in [2.05, 4.69) is 11.8 Å². The Morgan fingerprint density at radius 1 is 1.00 bits per heavy atom. The van der Waals surface area contributed by atoms with Gasteiger partial charge in [-0.05, 0) is 39.2 Å². The highest BCUT2D eigenvalue weighted by Crippen LogP contribution is 2.28. The van der Waals surface area contributed by atoms with Crippen LogP contribution in [0.4, 0.5) is 0 Å². The van der Waals surface area contributed by atoms with Gasteiger partial charge < -0.3 is 5.11 Å². The predicted octanol–water partition coefficient (Wildman–Crippen LogP) is 2.16. The number of likely N-dealkylation sites (tertiary alicyclic amines) is 1. The lowest BCUT2D eigenvalue weighted by molar-refractivity contribution is 0.0405. The minimum absolute atomic E-state index is 0.0574. The van der Waals surface area contributed by atoms with Crippen LogP contribution in [0, 0.1) is 0 Å². The Bertz CT molecular complexity index is 183. The zero-order valence-electron chi connectivity index (χ0n) is 9.28. The van der Waals surface area contributed by atoms with Crippen LogP contribution in [-0.4, -0.2) is 34.7 Å². The second-order valence-electron chi connectivity index (χ2n) is 5.00. The van der Waals surface area contributed by atoms with E-state index in [1.807, 2.05) is 0 Å².